The van der Waals surface area contributed by atoms with E-state index in [1.165, 1.54) is 36.2 Å². The van der Waals surface area contributed by atoms with Crippen molar-refractivity contribution in [3.63, 3.8) is 0 Å². The first-order chi connectivity index (χ1) is 14.8. The molecule has 0 saturated heterocycles. The molecule has 2 aromatic carbocycles. The van der Waals surface area contributed by atoms with Crippen LogP contribution >= 0.6 is 0 Å². The van der Waals surface area contributed by atoms with E-state index in [1.807, 2.05) is 0 Å². The van der Waals surface area contributed by atoms with Crippen LogP contribution in [0.2, 0.25) is 0 Å². The summed E-state index contributed by atoms with van der Waals surface area (Å²) in [4.78, 5) is 18.8. The normalized spacial score (nSPS) is 18.7. The van der Waals surface area contributed by atoms with Crippen molar-refractivity contribution in [2.24, 2.45) is 10.7 Å². The van der Waals surface area contributed by atoms with Crippen LogP contribution in [0.1, 0.15) is 16.7 Å². The lowest BCUT2D eigenvalue weighted by Gasteiger charge is -2.26. The summed E-state index contributed by atoms with van der Waals surface area (Å²) in [5, 5.41) is 0. The first-order valence-corrected chi connectivity index (χ1v) is 9.33. The minimum atomic E-state index is -2.98. The van der Waals surface area contributed by atoms with E-state index in [4.69, 9.17) is 10.5 Å². The van der Waals surface area contributed by atoms with Gasteiger partial charge in [-0.05, 0) is 28.8 Å². The predicted molar refractivity (Wildman–Crippen MR) is 105 cm³/mol. The summed E-state index contributed by atoms with van der Waals surface area (Å²) < 4.78 is 59.9. The molecule has 1 unspecified atom stereocenters. The van der Waals surface area contributed by atoms with E-state index in [-0.39, 0.29) is 18.3 Å². The van der Waals surface area contributed by atoms with E-state index >= 15 is 0 Å². The summed E-state index contributed by atoms with van der Waals surface area (Å²) in [5.41, 5.74) is 5.74. The second-order valence-electron chi connectivity index (χ2n) is 6.89. The van der Waals surface area contributed by atoms with Gasteiger partial charge >= 0.3 is 6.61 Å². The summed E-state index contributed by atoms with van der Waals surface area (Å²) in [6, 6.07) is 12.1. The van der Waals surface area contributed by atoms with Crippen molar-refractivity contribution in [1.82, 2.24) is 4.90 Å². The molecular weight excluding hydrogens is 418 g/mol. The highest BCUT2D eigenvalue weighted by molar-refractivity contribution is 6.08. The lowest BCUT2D eigenvalue weighted by atomic mass is 9.82. The third-order valence-corrected chi connectivity index (χ3v) is 4.91. The monoisotopic (exact) mass is 439 g/mol. The van der Waals surface area contributed by atoms with Crippen LogP contribution in [0.15, 0.2) is 53.5 Å². The second-order valence-corrected chi connectivity index (χ2v) is 6.89. The zero-order valence-corrected chi connectivity index (χ0v) is 16.6. The molecule has 0 spiro atoms. The zero-order chi connectivity index (χ0) is 22.6. The fourth-order valence-electron chi connectivity index (χ4n) is 3.29. The Balaban J connectivity index is 2.02. The highest BCUT2D eigenvalue weighted by Gasteiger charge is 2.49. The number of nitrogens with two attached hydrogens (primary N) is 1. The minimum absolute atomic E-state index is 0.0190. The van der Waals surface area contributed by atoms with Gasteiger partial charge in [0.05, 0.1) is 6.61 Å². The zero-order valence-electron chi connectivity index (χ0n) is 16.6. The topological polar surface area (TPSA) is 77.2 Å². The molecule has 0 aromatic heterocycles. The SMILES string of the molecule is CN1C(=O)C(c2ccc(OC(F)F)cc2)(c2cccc(COC(CF)CF)c2)N=C1N. The average Bonchev–Trinajstić information content (AvgIpc) is 2.99. The lowest BCUT2D eigenvalue weighted by Crippen LogP contribution is -2.41. The Morgan fingerprint density at radius 3 is 2.32 bits per heavy atom. The van der Waals surface area contributed by atoms with Gasteiger partial charge in [-0.25, -0.2) is 13.8 Å². The molecular formula is C21H21F4N3O3. The maximum Gasteiger partial charge on any atom is 0.387 e. The summed E-state index contributed by atoms with van der Waals surface area (Å²) in [6.07, 6.45) is -1.17. The Morgan fingerprint density at radius 2 is 1.77 bits per heavy atom. The fraction of sp³-hybridized carbons (Fsp3) is 0.333. The van der Waals surface area contributed by atoms with Crippen molar-refractivity contribution < 1.29 is 31.8 Å². The van der Waals surface area contributed by atoms with Crippen LogP contribution in [-0.2, 0) is 21.7 Å². The molecule has 0 aliphatic carbocycles. The predicted octanol–water partition coefficient (Wildman–Crippen LogP) is 3.14. The molecule has 1 aliphatic rings. The van der Waals surface area contributed by atoms with E-state index in [1.54, 1.807) is 24.3 Å². The first kappa shape index (κ1) is 22.5. The van der Waals surface area contributed by atoms with Gasteiger partial charge in [-0.2, -0.15) is 8.78 Å². The number of nitrogens with zero attached hydrogens (tertiary/aromatic N) is 2. The Bertz CT molecular complexity index is 951. The molecule has 0 radical (unpaired) electrons. The van der Waals surface area contributed by atoms with Crippen molar-refractivity contribution in [3.05, 3.63) is 65.2 Å². The first-order valence-electron chi connectivity index (χ1n) is 9.33. The number of ether oxygens (including phenoxy) is 2. The van der Waals surface area contributed by atoms with E-state index in [0.29, 0.717) is 16.7 Å². The summed E-state index contributed by atoms with van der Waals surface area (Å²) >= 11 is 0. The summed E-state index contributed by atoms with van der Waals surface area (Å²) in [6.45, 7) is -4.98. The maximum atomic E-state index is 13.2. The van der Waals surface area contributed by atoms with Crippen LogP contribution in [-0.4, -0.2) is 49.9 Å². The number of guanidine groups is 1. The van der Waals surface area contributed by atoms with Crippen molar-refractivity contribution >= 4 is 11.9 Å². The molecule has 6 nitrogen and oxygen atoms in total. The number of carbonyl (C=O) groups is 1. The molecule has 10 heteroatoms. The Hall–Kier alpha value is -3.14. The molecule has 166 valence electrons. The smallest absolute Gasteiger partial charge is 0.387 e. The summed E-state index contributed by atoms with van der Waals surface area (Å²) in [5.74, 6) is -0.541. The van der Waals surface area contributed by atoms with Crippen LogP contribution in [0.25, 0.3) is 0 Å². The minimum Gasteiger partial charge on any atom is -0.435 e. The molecule has 2 aromatic rings. The van der Waals surface area contributed by atoms with Crippen molar-refractivity contribution in [1.29, 1.82) is 0 Å². The van der Waals surface area contributed by atoms with E-state index in [2.05, 4.69) is 9.73 Å². The third kappa shape index (κ3) is 4.48. The number of hydrogen-bond acceptors (Lipinski definition) is 5. The van der Waals surface area contributed by atoms with Crippen molar-refractivity contribution in [2.75, 3.05) is 20.4 Å². The Morgan fingerprint density at radius 1 is 1.10 bits per heavy atom. The third-order valence-electron chi connectivity index (χ3n) is 4.91. The molecule has 1 aliphatic heterocycles. The van der Waals surface area contributed by atoms with Crippen LogP contribution in [0, 0.1) is 0 Å². The van der Waals surface area contributed by atoms with Crippen LogP contribution in [0.5, 0.6) is 5.75 Å². The second kappa shape index (κ2) is 9.34. The molecule has 1 heterocycles. The van der Waals surface area contributed by atoms with Gasteiger partial charge in [-0.15, -0.1) is 0 Å². The molecule has 31 heavy (non-hydrogen) atoms. The quantitative estimate of drug-likeness (QED) is 0.609. The van der Waals surface area contributed by atoms with Crippen LogP contribution in [0.4, 0.5) is 17.6 Å². The number of hydrogen-bond donors (Lipinski definition) is 1. The molecule has 1 atom stereocenters. The number of alkyl halides is 4. The van der Waals surface area contributed by atoms with Gasteiger partial charge in [-0.1, -0.05) is 36.4 Å². The van der Waals surface area contributed by atoms with Crippen LogP contribution < -0.4 is 10.5 Å². The standard InChI is InChI=1S/C21H21F4N3O3/c1-28-18(29)21(27-20(28)26,14-5-7-16(8-6-14)31-19(24)25)15-4-2-3-13(9-15)12-30-17(10-22)11-23/h2-9,17,19H,10-12H2,1H3,(H2,26,27). The van der Waals surface area contributed by atoms with Gasteiger partial charge in [-0.3, -0.25) is 9.69 Å². The van der Waals surface area contributed by atoms with Gasteiger partial charge in [0.25, 0.3) is 5.91 Å². The van der Waals surface area contributed by atoms with Crippen molar-refractivity contribution in [2.45, 2.75) is 24.9 Å². The number of likely N-dealkylation sites (N-methyl/N-ethyl adjacent to an activating group) is 1. The van der Waals surface area contributed by atoms with Gasteiger partial charge in [0, 0.05) is 7.05 Å². The number of halogens is 4. The molecule has 0 saturated carbocycles. The van der Waals surface area contributed by atoms with E-state index in [9.17, 15) is 22.4 Å². The number of carbonyl (C=O) groups excluding carboxylic acids is 1. The van der Waals surface area contributed by atoms with Crippen molar-refractivity contribution in [3.8, 4) is 5.75 Å². The Kier molecular flexibility index (Phi) is 6.79. The molecule has 0 bridgehead atoms. The van der Waals surface area contributed by atoms with Gasteiger partial charge in [0.15, 0.2) is 11.5 Å². The lowest BCUT2D eigenvalue weighted by molar-refractivity contribution is -0.129. The largest absolute Gasteiger partial charge is 0.435 e. The van der Waals surface area contributed by atoms with E-state index in [0.717, 1.165) is 0 Å². The number of benzene rings is 2. The van der Waals surface area contributed by atoms with Gasteiger partial charge in [0.1, 0.15) is 25.2 Å². The van der Waals surface area contributed by atoms with Gasteiger partial charge < -0.3 is 15.2 Å². The highest BCUT2D eigenvalue weighted by Crippen LogP contribution is 2.40. The van der Waals surface area contributed by atoms with E-state index < -0.39 is 37.5 Å². The molecule has 1 amide bonds. The molecule has 3 rings (SSSR count). The van der Waals surface area contributed by atoms with Gasteiger partial charge in [0.2, 0.25) is 0 Å². The number of aliphatic imine (C=N–C) groups is 1. The number of amides is 1. The maximum absolute atomic E-state index is 13.2. The highest BCUT2D eigenvalue weighted by atomic mass is 19.3. The average molecular weight is 439 g/mol. The Labute approximate surface area is 176 Å². The molecule has 2 N–H and O–H groups in total. The molecule has 0 fully saturated rings. The fourth-order valence-corrected chi connectivity index (χ4v) is 3.29. The van der Waals surface area contributed by atoms with Crippen LogP contribution in [0.3, 0.4) is 0 Å². The summed E-state index contributed by atoms with van der Waals surface area (Å²) in [7, 11) is 1.47. The number of rotatable bonds is 9.